The van der Waals surface area contributed by atoms with Crippen LogP contribution in [0.4, 0.5) is 19.9 Å². The molecule has 9 nitrogen and oxygen atoms in total. The third-order valence-electron chi connectivity index (χ3n) is 6.75. The molecule has 0 spiro atoms. The Morgan fingerprint density at radius 2 is 1.73 bits per heavy atom. The smallest absolute Gasteiger partial charge is 0.257 e. The van der Waals surface area contributed by atoms with Crippen LogP contribution in [-0.4, -0.2) is 64.6 Å². The van der Waals surface area contributed by atoms with Gasteiger partial charge in [-0.15, -0.1) is 11.3 Å². The van der Waals surface area contributed by atoms with E-state index in [2.05, 4.69) is 20.2 Å². The van der Waals surface area contributed by atoms with Crippen LogP contribution in [0.1, 0.15) is 36.2 Å². The summed E-state index contributed by atoms with van der Waals surface area (Å²) in [6, 6.07) is 11.4. The van der Waals surface area contributed by atoms with E-state index >= 15 is 8.78 Å². The molecule has 0 bridgehead atoms. The number of hydrogen-bond donors (Lipinski definition) is 1. The Morgan fingerprint density at radius 1 is 1.00 bits per heavy atom. The van der Waals surface area contributed by atoms with Crippen LogP contribution in [0.5, 0.6) is 0 Å². The van der Waals surface area contributed by atoms with E-state index in [1.54, 1.807) is 35.8 Å². The lowest BCUT2D eigenvalue weighted by Crippen LogP contribution is -2.26. The van der Waals surface area contributed by atoms with E-state index in [9.17, 15) is 9.59 Å². The molecule has 0 aliphatic rings. The van der Waals surface area contributed by atoms with Crippen molar-refractivity contribution in [3.8, 4) is 16.9 Å². The molecular formula is C32H35F2N7O2S. The number of aromatic nitrogens is 4. The van der Waals surface area contributed by atoms with Crippen molar-refractivity contribution >= 4 is 39.4 Å². The molecule has 0 radical (unpaired) electrons. The number of hydrogen-bond acceptors (Lipinski definition) is 8. The summed E-state index contributed by atoms with van der Waals surface area (Å²) in [5.74, 6) is -1.88. The van der Waals surface area contributed by atoms with E-state index < -0.39 is 22.9 Å². The minimum Gasteiger partial charge on any atom is -0.344 e. The molecule has 2 aromatic carbocycles. The number of carbonyl (C=O) groups is 1. The van der Waals surface area contributed by atoms with E-state index in [0.717, 1.165) is 35.2 Å². The predicted molar refractivity (Wildman–Crippen MR) is 173 cm³/mol. The molecule has 0 unspecified atom stereocenters. The summed E-state index contributed by atoms with van der Waals surface area (Å²) in [4.78, 5) is 43.8. The SMILES string of the molecule is CC.Cc1ccc(C(=O)Nc2nccs2)cc1-c1nc(N(C)CCCN(C)C)nc2c1ccc(=O)n2-c1c(F)cccc1F. The van der Waals surface area contributed by atoms with Crippen LogP contribution in [0, 0.1) is 18.6 Å². The van der Waals surface area contributed by atoms with Crippen molar-refractivity contribution in [2.75, 3.05) is 44.4 Å². The summed E-state index contributed by atoms with van der Waals surface area (Å²) in [7, 11) is 5.78. The Balaban J connectivity index is 0.00000216. The predicted octanol–water partition coefficient (Wildman–Crippen LogP) is 6.16. The van der Waals surface area contributed by atoms with Crippen molar-refractivity contribution in [2.45, 2.75) is 27.2 Å². The van der Waals surface area contributed by atoms with Crippen molar-refractivity contribution in [3.63, 3.8) is 0 Å². The van der Waals surface area contributed by atoms with Crippen molar-refractivity contribution in [1.29, 1.82) is 0 Å². The number of benzene rings is 2. The number of aryl methyl sites for hydroxylation is 1. The molecule has 0 saturated heterocycles. The molecule has 0 saturated carbocycles. The first-order valence-electron chi connectivity index (χ1n) is 14.2. The highest BCUT2D eigenvalue weighted by Gasteiger charge is 2.22. The Kier molecular flexibility index (Phi) is 10.5. The number of para-hydroxylation sites is 1. The van der Waals surface area contributed by atoms with Gasteiger partial charge in [0.05, 0.1) is 5.69 Å². The van der Waals surface area contributed by atoms with Gasteiger partial charge in [-0.05, 0) is 69.9 Å². The monoisotopic (exact) mass is 619 g/mol. The first-order chi connectivity index (χ1) is 21.1. The van der Waals surface area contributed by atoms with E-state index in [1.165, 1.54) is 23.5 Å². The van der Waals surface area contributed by atoms with E-state index in [0.29, 0.717) is 33.9 Å². The molecule has 5 aromatic rings. The second kappa shape index (κ2) is 14.3. The van der Waals surface area contributed by atoms with Gasteiger partial charge in [0.25, 0.3) is 11.5 Å². The zero-order valence-electron chi connectivity index (χ0n) is 25.6. The molecule has 0 fully saturated rings. The number of fused-ring (bicyclic) bond motifs is 1. The molecule has 12 heteroatoms. The Morgan fingerprint density at radius 3 is 2.39 bits per heavy atom. The quantitative estimate of drug-likeness (QED) is 0.211. The van der Waals surface area contributed by atoms with Gasteiger partial charge in [0.2, 0.25) is 5.95 Å². The van der Waals surface area contributed by atoms with Gasteiger partial charge in [-0.25, -0.2) is 18.7 Å². The van der Waals surface area contributed by atoms with Crippen molar-refractivity contribution in [1.82, 2.24) is 24.4 Å². The van der Waals surface area contributed by atoms with E-state index in [-0.39, 0.29) is 17.5 Å². The molecule has 0 aliphatic heterocycles. The molecule has 0 aliphatic carbocycles. The van der Waals surface area contributed by atoms with Crippen molar-refractivity contribution < 1.29 is 13.6 Å². The topological polar surface area (TPSA) is 96.2 Å². The largest absolute Gasteiger partial charge is 0.344 e. The molecule has 1 N–H and O–H groups in total. The van der Waals surface area contributed by atoms with Gasteiger partial charge < -0.3 is 9.80 Å². The second-order valence-corrected chi connectivity index (χ2v) is 11.0. The third kappa shape index (κ3) is 6.98. The van der Waals surface area contributed by atoms with Gasteiger partial charge in [0, 0.05) is 47.7 Å². The van der Waals surface area contributed by atoms with Gasteiger partial charge in [-0.3, -0.25) is 19.5 Å². The fraction of sp³-hybridized carbons (Fsp3) is 0.281. The summed E-state index contributed by atoms with van der Waals surface area (Å²) < 4.78 is 31.0. The third-order valence-corrected chi connectivity index (χ3v) is 7.44. The molecule has 0 atom stereocenters. The molecule has 230 valence electrons. The van der Waals surface area contributed by atoms with Crippen LogP contribution < -0.4 is 15.8 Å². The zero-order valence-corrected chi connectivity index (χ0v) is 26.4. The molecule has 5 rings (SSSR count). The first-order valence-corrected chi connectivity index (χ1v) is 15.1. The number of rotatable bonds is 9. The lowest BCUT2D eigenvalue weighted by molar-refractivity contribution is 0.102. The van der Waals surface area contributed by atoms with Crippen LogP contribution in [0.25, 0.3) is 28.0 Å². The standard InChI is InChI=1S/C30H29F2N7O2S.C2H6/c1-18-9-10-19(28(41)36-30-33-13-16-42-30)17-21(18)25-20-11-12-24(40)39(26-22(31)7-5-8-23(26)32)27(20)35-29(34-25)38(4)15-6-14-37(2)3;1-2/h5,7-13,16-17H,6,14-15H2,1-4H3,(H,33,36,41);1-2H3. The lowest BCUT2D eigenvalue weighted by Gasteiger charge is -2.21. The van der Waals surface area contributed by atoms with Crippen molar-refractivity contribution in [3.05, 3.63) is 93.2 Å². The van der Waals surface area contributed by atoms with Gasteiger partial charge in [-0.2, -0.15) is 4.98 Å². The Labute approximate surface area is 258 Å². The second-order valence-electron chi connectivity index (χ2n) is 10.1. The number of thiazole rings is 1. The maximum atomic E-state index is 15.0. The fourth-order valence-corrected chi connectivity index (χ4v) is 5.12. The van der Waals surface area contributed by atoms with Crippen LogP contribution in [0.15, 0.2) is 64.9 Å². The fourth-order valence-electron chi connectivity index (χ4n) is 4.60. The van der Waals surface area contributed by atoms with E-state index in [1.807, 2.05) is 46.8 Å². The normalized spacial score (nSPS) is 10.9. The molecule has 44 heavy (non-hydrogen) atoms. The Bertz CT molecular complexity index is 1800. The maximum Gasteiger partial charge on any atom is 0.257 e. The average molecular weight is 620 g/mol. The number of amides is 1. The lowest BCUT2D eigenvalue weighted by atomic mass is 9.99. The highest BCUT2D eigenvalue weighted by molar-refractivity contribution is 7.13. The highest BCUT2D eigenvalue weighted by atomic mass is 32.1. The average Bonchev–Trinajstić information content (AvgIpc) is 3.51. The summed E-state index contributed by atoms with van der Waals surface area (Å²) in [6.45, 7) is 7.29. The van der Waals surface area contributed by atoms with Gasteiger partial charge in [-0.1, -0.05) is 26.0 Å². The van der Waals surface area contributed by atoms with Gasteiger partial charge >= 0.3 is 0 Å². The van der Waals surface area contributed by atoms with Crippen molar-refractivity contribution in [2.24, 2.45) is 0 Å². The van der Waals surface area contributed by atoms with Gasteiger partial charge in [0.1, 0.15) is 17.3 Å². The minimum atomic E-state index is -0.900. The highest BCUT2D eigenvalue weighted by Crippen LogP contribution is 2.32. The van der Waals surface area contributed by atoms with Crippen LogP contribution in [0.2, 0.25) is 0 Å². The van der Waals surface area contributed by atoms with Crippen LogP contribution in [0.3, 0.4) is 0 Å². The molecule has 1 amide bonds. The number of anilines is 2. The van der Waals surface area contributed by atoms with Crippen LogP contribution >= 0.6 is 11.3 Å². The molecular weight excluding hydrogens is 584 g/mol. The number of halogens is 2. The minimum absolute atomic E-state index is 0.0444. The maximum absolute atomic E-state index is 15.0. The zero-order chi connectivity index (χ0) is 32.0. The molecule has 3 heterocycles. The number of nitrogens with zero attached hydrogens (tertiary/aromatic N) is 6. The number of nitrogens with one attached hydrogen (secondary N) is 1. The summed E-state index contributed by atoms with van der Waals surface area (Å²) in [5.41, 5.74) is 1.07. The number of pyridine rings is 1. The summed E-state index contributed by atoms with van der Waals surface area (Å²) >= 11 is 1.30. The van der Waals surface area contributed by atoms with E-state index in [4.69, 9.17) is 4.98 Å². The summed E-state index contributed by atoms with van der Waals surface area (Å²) in [6.07, 6.45) is 2.40. The molecule has 3 aromatic heterocycles. The van der Waals surface area contributed by atoms with Gasteiger partial charge in [0.15, 0.2) is 10.8 Å². The number of carbonyl (C=O) groups excluding carboxylic acids is 1. The summed E-state index contributed by atoms with van der Waals surface area (Å²) in [5, 5.41) is 5.40. The Hall–Kier alpha value is -4.55. The first kappa shape index (κ1) is 32.4. The van der Waals surface area contributed by atoms with Crippen LogP contribution in [-0.2, 0) is 0 Å².